The fraction of sp³-hybridized carbons (Fsp3) is 1.00. The summed E-state index contributed by atoms with van der Waals surface area (Å²) >= 11 is 0. The van der Waals surface area contributed by atoms with E-state index in [9.17, 15) is 10.2 Å². The Morgan fingerprint density at radius 2 is 1.20 bits per heavy atom. The summed E-state index contributed by atoms with van der Waals surface area (Å²) < 4.78 is 0. The molecule has 2 heteroatoms. The fourth-order valence-electron chi connectivity index (χ4n) is 4.27. The van der Waals surface area contributed by atoms with Crippen LogP contribution in [0.4, 0.5) is 0 Å². The summed E-state index contributed by atoms with van der Waals surface area (Å²) in [6.07, 6.45) is 1.20. The number of aliphatic hydroxyl groups is 2. The third-order valence-electron chi connectivity index (χ3n) is 4.84. The lowest BCUT2D eigenvalue weighted by Gasteiger charge is -2.37. The molecule has 0 radical (unpaired) electrons. The Morgan fingerprint density at radius 1 is 0.867 bits per heavy atom. The Morgan fingerprint density at radius 3 is 1.40 bits per heavy atom. The summed E-state index contributed by atoms with van der Waals surface area (Å²) in [5, 5.41) is 20.5. The summed E-state index contributed by atoms with van der Waals surface area (Å²) in [5.41, 5.74) is -1.32. The topological polar surface area (TPSA) is 40.5 Å². The molecule has 2 bridgehead atoms. The van der Waals surface area contributed by atoms with Gasteiger partial charge < -0.3 is 10.2 Å². The van der Waals surface area contributed by atoms with Crippen LogP contribution >= 0.6 is 0 Å². The van der Waals surface area contributed by atoms with Crippen LogP contribution in [0.25, 0.3) is 0 Å². The highest BCUT2D eigenvalue weighted by Gasteiger charge is 2.64. The van der Waals surface area contributed by atoms with Gasteiger partial charge >= 0.3 is 0 Å². The van der Waals surface area contributed by atoms with Crippen molar-refractivity contribution in [2.24, 2.45) is 29.6 Å². The van der Waals surface area contributed by atoms with Crippen LogP contribution in [0.3, 0.4) is 0 Å². The van der Waals surface area contributed by atoms with E-state index < -0.39 is 11.2 Å². The Balaban J connectivity index is 2.30. The van der Waals surface area contributed by atoms with Crippen molar-refractivity contribution < 1.29 is 10.2 Å². The first-order valence-electron chi connectivity index (χ1n) is 6.09. The van der Waals surface area contributed by atoms with Gasteiger partial charge in [0.1, 0.15) is 0 Å². The van der Waals surface area contributed by atoms with E-state index >= 15 is 0 Å². The molecule has 0 spiro atoms. The second kappa shape index (κ2) is 2.98. The van der Waals surface area contributed by atoms with E-state index in [2.05, 4.69) is 6.92 Å². The van der Waals surface area contributed by atoms with Gasteiger partial charge in [-0.25, -0.2) is 0 Å². The molecular weight excluding hydrogens is 188 g/mol. The molecule has 0 aromatic carbocycles. The van der Waals surface area contributed by atoms with Crippen molar-refractivity contribution >= 4 is 0 Å². The molecule has 3 fully saturated rings. The van der Waals surface area contributed by atoms with E-state index in [4.69, 9.17) is 0 Å². The molecule has 0 saturated heterocycles. The predicted octanol–water partition coefficient (Wildman–Crippen LogP) is 2.05. The molecule has 3 saturated carbocycles. The lowest BCUT2D eigenvalue weighted by atomic mass is 9.70. The van der Waals surface area contributed by atoms with Crippen LogP contribution in [0.2, 0.25) is 0 Å². The van der Waals surface area contributed by atoms with Crippen LogP contribution in [0.1, 0.15) is 41.0 Å². The molecule has 2 nitrogen and oxygen atoms in total. The first kappa shape index (κ1) is 11.4. The lowest BCUT2D eigenvalue weighted by molar-refractivity contribution is -0.0694. The zero-order valence-corrected chi connectivity index (χ0v) is 10.5. The van der Waals surface area contributed by atoms with Gasteiger partial charge in [-0.05, 0) is 63.7 Å². The quantitative estimate of drug-likeness (QED) is 0.735. The predicted molar refractivity (Wildman–Crippen MR) is 60.3 cm³/mol. The van der Waals surface area contributed by atoms with Crippen LogP contribution in [-0.2, 0) is 0 Å². The number of hydrogen-bond donors (Lipinski definition) is 2. The summed E-state index contributed by atoms with van der Waals surface area (Å²) in [6.45, 7) is 9.84. The first-order valence-corrected chi connectivity index (χ1v) is 6.09. The maximum Gasteiger partial charge on any atom is 0.0626 e. The van der Waals surface area contributed by atoms with Gasteiger partial charge in [-0.3, -0.25) is 0 Å². The minimum Gasteiger partial charge on any atom is -0.390 e. The second-order valence-corrected chi connectivity index (χ2v) is 6.78. The molecular formula is C13H24O2. The molecule has 3 aliphatic rings. The van der Waals surface area contributed by atoms with Gasteiger partial charge in [-0.2, -0.15) is 0 Å². The van der Waals surface area contributed by atoms with Gasteiger partial charge in [0.15, 0.2) is 0 Å². The number of fused-ring (bicyclic) bond motifs is 1. The molecule has 0 aliphatic heterocycles. The third kappa shape index (κ3) is 1.53. The highest BCUT2D eigenvalue weighted by molar-refractivity contribution is 5.12. The maximum atomic E-state index is 10.3. The average molecular weight is 212 g/mol. The average Bonchev–Trinajstić information content (AvgIpc) is 2.52. The Bertz CT molecular complexity index is 233. The van der Waals surface area contributed by atoms with E-state index in [1.165, 1.54) is 6.42 Å². The van der Waals surface area contributed by atoms with Gasteiger partial charge in [-0.1, -0.05) is 6.92 Å². The van der Waals surface area contributed by atoms with E-state index in [-0.39, 0.29) is 11.8 Å². The summed E-state index contributed by atoms with van der Waals surface area (Å²) in [4.78, 5) is 0. The monoisotopic (exact) mass is 212 g/mol. The largest absolute Gasteiger partial charge is 0.390 e. The van der Waals surface area contributed by atoms with Gasteiger partial charge in [-0.15, -0.1) is 0 Å². The lowest BCUT2D eigenvalue weighted by Crippen LogP contribution is -2.43. The molecule has 15 heavy (non-hydrogen) atoms. The van der Waals surface area contributed by atoms with Gasteiger partial charge in [0, 0.05) is 0 Å². The Kier molecular flexibility index (Phi) is 2.27. The highest BCUT2D eigenvalue weighted by atomic mass is 16.3. The van der Waals surface area contributed by atoms with E-state index in [1.807, 2.05) is 27.7 Å². The van der Waals surface area contributed by atoms with Crippen LogP contribution in [-0.4, -0.2) is 21.4 Å². The molecule has 4 atom stereocenters. The van der Waals surface area contributed by atoms with Crippen molar-refractivity contribution in [2.45, 2.75) is 52.2 Å². The van der Waals surface area contributed by atoms with E-state index in [1.54, 1.807) is 0 Å². The van der Waals surface area contributed by atoms with Crippen molar-refractivity contribution in [3.8, 4) is 0 Å². The van der Waals surface area contributed by atoms with E-state index in [0.717, 1.165) is 0 Å². The molecule has 0 amide bonds. The third-order valence-corrected chi connectivity index (χ3v) is 4.84. The van der Waals surface area contributed by atoms with Crippen molar-refractivity contribution in [1.82, 2.24) is 0 Å². The van der Waals surface area contributed by atoms with E-state index in [0.29, 0.717) is 17.8 Å². The van der Waals surface area contributed by atoms with Gasteiger partial charge in [0.25, 0.3) is 0 Å². The van der Waals surface area contributed by atoms with Crippen molar-refractivity contribution in [2.75, 3.05) is 0 Å². The summed E-state index contributed by atoms with van der Waals surface area (Å²) in [5.74, 6) is 2.44. The Hall–Kier alpha value is -0.0800. The first-order chi connectivity index (χ1) is 6.64. The van der Waals surface area contributed by atoms with Crippen LogP contribution < -0.4 is 0 Å². The number of rotatable bonds is 2. The van der Waals surface area contributed by atoms with Crippen LogP contribution in [0.5, 0.6) is 0 Å². The standard InChI is InChI=1S/C13H24O2/c1-7-8-6-9(7)11(13(4,5)15)10(8)12(2,3)14/h7-11,14-15H,6H2,1-5H3. The zero-order chi connectivity index (χ0) is 11.6. The molecule has 0 aromatic heterocycles. The molecule has 88 valence electrons. The van der Waals surface area contributed by atoms with Gasteiger partial charge in [0.2, 0.25) is 0 Å². The molecule has 3 rings (SSSR count). The number of hydrogen-bond acceptors (Lipinski definition) is 2. The highest BCUT2D eigenvalue weighted by Crippen LogP contribution is 2.65. The smallest absolute Gasteiger partial charge is 0.0626 e. The molecule has 0 heterocycles. The SMILES string of the molecule is CC1C2CC1C(C(C)(C)O)C2C(C)(C)O. The van der Waals surface area contributed by atoms with Crippen molar-refractivity contribution in [3.63, 3.8) is 0 Å². The Labute approximate surface area is 92.7 Å². The summed E-state index contributed by atoms with van der Waals surface area (Å²) in [6, 6.07) is 0. The van der Waals surface area contributed by atoms with Crippen LogP contribution in [0.15, 0.2) is 0 Å². The molecule has 4 unspecified atom stereocenters. The molecule has 0 aromatic rings. The zero-order valence-electron chi connectivity index (χ0n) is 10.5. The maximum absolute atomic E-state index is 10.3. The second-order valence-electron chi connectivity index (χ2n) is 6.78. The summed E-state index contributed by atoms with van der Waals surface area (Å²) in [7, 11) is 0. The van der Waals surface area contributed by atoms with Gasteiger partial charge in [0.05, 0.1) is 11.2 Å². The minimum absolute atomic E-state index is 0.262. The van der Waals surface area contributed by atoms with Crippen LogP contribution in [0, 0.1) is 29.6 Å². The molecule has 3 aliphatic carbocycles. The minimum atomic E-state index is -0.658. The molecule has 2 N–H and O–H groups in total. The van der Waals surface area contributed by atoms with Crippen molar-refractivity contribution in [1.29, 1.82) is 0 Å². The van der Waals surface area contributed by atoms with Crippen molar-refractivity contribution in [3.05, 3.63) is 0 Å². The normalized spacial score (nSPS) is 45.4. The fourth-order valence-corrected chi connectivity index (χ4v) is 4.27.